The Hall–Kier alpha value is -7.75. The molecule has 0 atom stereocenters. The molecule has 2 aliphatic heterocycles. The first kappa shape index (κ1) is 34.7. The number of aromatic nitrogens is 1. The molecule has 2 aliphatic rings. The highest BCUT2D eigenvalue weighted by molar-refractivity contribution is 6.12. The SMILES string of the molecule is C=C1/C=C\C=C/N(c2ccccc2)C2=C1c1ccccc1N(c1cccc(-c3cccc(-c4cc(-c5ccccc5)cc(-c5ccccc5)n4)c3)c1)c1ccccc12. The van der Waals surface area contributed by atoms with Gasteiger partial charge in [-0.25, -0.2) is 4.98 Å². The van der Waals surface area contributed by atoms with Crippen LogP contribution in [0.1, 0.15) is 11.1 Å². The maximum Gasteiger partial charge on any atom is 0.0715 e. The zero-order chi connectivity index (χ0) is 38.8. The second-order valence-corrected chi connectivity index (χ2v) is 14.5. The third-order valence-electron chi connectivity index (χ3n) is 10.9. The first-order chi connectivity index (χ1) is 28.7. The molecule has 0 amide bonds. The molecule has 0 saturated carbocycles. The van der Waals surface area contributed by atoms with Crippen molar-refractivity contribution in [1.82, 2.24) is 4.98 Å². The van der Waals surface area contributed by atoms with Crippen molar-refractivity contribution < 1.29 is 0 Å². The summed E-state index contributed by atoms with van der Waals surface area (Å²) in [6.45, 7) is 4.64. The number of allylic oxidation sites excluding steroid dienone is 5. The van der Waals surface area contributed by atoms with E-state index in [2.05, 4.69) is 235 Å². The van der Waals surface area contributed by atoms with Gasteiger partial charge in [-0.05, 0) is 88.5 Å². The predicted octanol–water partition coefficient (Wildman–Crippen LogP) is 14.5. The fraction of sp³-hybridized carbons (Fsp3) is 0. The van der Waals surface area contributed by atoms with Crippen LogP contribution in [-0.4, -0.2) is 4.98 Å². The van der Waals surface area contributed by atoms with E-state index in [0.29, 0.717) is 0 Å². The van der Waals surface area contributed by atoms with E-state index in [4.69, 9.17) is 4.98 Å². The van der Waals surface area contributed by atoms with Crippen molar-refractivity contribution in [2.45, 2.75) is 0 Å². The molecule has 58 heavy (non-hydrogen) atoms. The lowest BCUT2D eigenvalue weighted by Gasteiger charge is -2.30. The van der Waals surface area contributed by atoms with Gasteiger partial charge in [0.05, 0.1) is 28.5 Å². The molecule has 0 spiro atoms. The Kier molecular flexibility index (Phi) is 9.02. The Morgan fingerprint density at radius 2 is 0.931 bits per heavy atom. The van der Waals surface area contributed by atoms with Gasteiger partial charge in [0.15, 0.2) is 0 Å². The van der Waals surface area contributed by atoms with Crippen molar-refractivity contribution in [3.63, 3.8) is 0 Å². The standard InChI is InChI=1S/C55H39N3/c1-39-19-15-16-34-57(46-27-9-4-10-28-46)55-49-31-12-14-33-53(49)58(52-32-13-11-30-48(52)54(39)55)47-29-18-25-43(36-47)42-24-17-26-44(35-42)51-38-45(40-20-5-2-6-21-40)37-50(56-51)41-22-7-3-8-23-41/h2-38H,1H2/b19-15-,34-16-. The average Bonchev–Trinajstić information content (AvgIpc) is 3.41. The highest BCUT2D eigenvalue weighted by atomic mass is 15.2. The summed E-state index contributed by atoms with van der Waals surface area (Å²) >= 11 is 0. The van der Waals surface area contributed by atoms with Gasteiger partial charge in [0.25, 0.3) is 0 Å². The van der Waals surface area contributed by atoms with E-state index in [1.807, 2.05) is 6.07 Å². The molecule has 3 heteroatoms. The smallest absolute Gasteiger partial charge is 0.0715 e. The second kappa shape index (κ2) is 15.1. The fourth-order valence-corrected chi connectivity index (χ4v) is 8.18. The van der Waals surface area contributed by atoms with Crippen LogP contribution in [0, 0.1) is 0 Å². The molecule has 3 nitrogen and oxygen atoms in total. The minimum absolute atomic E-state index is 0.934. The molecule has 0 saturated heterocycles. The van der Waals surface area contributed by atoms with Gasteiger partial charge in [0.1, 0.15) is 0 Å². The largest absolute Gasteiger partial charge is 0.316 e. The van der Waals surface area contributed by atoms with E-state index >= 15 is 0 Å². The summed E-state index contributed by atoms with van der Waals surface area (Å²) in [6.07, 6.45) is 8.44. The van der Waals surface area contributed by atoms with Gasteiger partial charge in [0.2, 0.25) is 0 Å². The molecule has 0 aliphatic carbocycles. The Bertz CT molecular complexity index is 2850. The van der Waals surface area contributed by atoms with E-state index < -0.39 is 0 Å². The second-order valence-electron chi connectivity index (χ2n) is 14.5. The van der Waals surface area contributed by atoms with Gasteiger partial charge in [-0.15, -0.1) is 0 Å². The molecule has 7 aromatic carbocycles. The molecule has 3 heterocycles. The minimum atomic E-state index is 0.934. The number of benzene rings is 7. The van der Waals surface area contributed by atoms with Crippen LogP contribution in [0.4, 0.5) is 22.7 Å². The van der Waals surface area contributed by atoms with Crippen LogP contribution in [0.5, 0.6) is 0 Å². The van der Waals surface area contributed by atoms with Crippen LogP contribution in [0.15, 0.2) is 237 Å². The lowest BCUT2D eigenvalue weighted by molar-refractivity contribution is 1.26. The third-order valence-corrected chi connectivity index (χ3v) is 10.9. The first-order valence-corrected chi connectivity index (χ1v) is 19.6. The van der Waals surface area contributed by atoms with Crippen LogP contribution in [-0.2, 0) is 0 Å². The van der Waals surface area contributed by atoms with Gasteiger partial charge in [-0.2, -0.15) is 0 Å². The van der Waals surface area contributed by atoms with Gasteiger partial charge in [-0.1, -0.05) is 164 Å². The lowest BCUT2D eigenvalue weighted by atomic mass is 9.91. The number of pyridine rings is 1. The molecule has 274 valence electrons. The Labute approximate surface area is 340 Å². The van der Waals surface area contributed by atoms with Crippen LogP contribution in [0.25, 0.3) is 56.0 Å². The Morgan fingerprint density at radius 3 is 1.67 bits per heavy atom. The molecular weight excluding hydrogens is 703 g/mol. The van der Waals surface area contributed by atoms with Crippen LogP contribution >= 0.6 is 0 Å². The number of hydrogen-bond acceptors (Lipinski definition) is 3. The molecule has 1 aromatic heterocycles. The highest BCUT2D eigenvalue weighted by Gasteiger charge is 2.31. The minimum Gasteiger partial charge on any atom is -0.316 e. The van der Waals surface area contributed by atoms with Crippen molar-refractivity contribution in [2.75, 3.05) is 9.80 Å². The van der Waals surface area contributed by atoms with E-state index in [9.17, 15) is 0 Å². The highest BCUT2D eigenvalue weighted by Crippen LogP contribution is 2.51. The third kappa shape index (κ3) is 6.45. The molecule has 10 rings (SSSR count). The summed E-state index contributed by atoms with van der Waals surface area (Å²) in [6, 6.07) is 71.0. The average molecular weight is 742 g/mol. The molecule has 0 radical (unpaired) electrons. The molecular formula is C55H39N3. The van der Waals surface area contributed by atoms with E-state index in [0.717, 1.165) is 95.5 Å². The maximum absolute atomic E-state index is 5.23. The van der Waals surface area contributed by atoms with Gasteiger partial charge >= 0.3 is 0 Å². The van der Waals surface area contributed by atoms with Crippen molar-refractivity contribution >= 4 is 34.0 Å². The monoisotopic (exact) mass is 741 g/mol. The molecule has 8 aromatic rings. The number of anilines is 4. The van der Waals surface area contributed by atoms with Crippen LogP contribution in [0.2, 0.25) is 0 Å². The zero-order valence-electron chi connectivity index (χ0n) is 31.9. The first-order valence-electron chi connectivity index (χ1n) is 19.6. The maximum atomic E-state index is 5.23. The summed E-state index contributed by atoms with van der Waals surface area (Å²) in [4.78, 5) is 9.94. The van der Waals surface area contributed by atoms with Crippen molar-refractivity contribution in [3.05, 3.63) is 248 Å². The zero-order valence-corrected chi connectivity index (χ0v) is 31.9. The topological polar surface area (TPSA) is 19.4 Å². The van der Waals surface area contributed by atoms with Crippen molar-refractivity contribution in [1.29, 1.82) is 0 Å². The van der Waals surface area contributed by atoms with Gasteiger partial charge in [0, 0.05) is 45.4 Å². The summed E-state index contributed by atoms with van der Waals surface area (Å²) < 4.78 is 0. The summed E-state index contributed by atoms with van der Waals surface area (Å²) in [5.41, 5.74) is 18.3. The van der Waals surface area contributed by atoms with E-state index in [1.54, 1.807) is 0 Å². The fourth-order valence-electron chi connectivity index (χ4n) is 8.18. The molecule has 0 bridgehead atoms. The van der Waals surface area contributed by atoms with Gasteiger partial charge in [-0.3, -0.25) is 0 Å². The quantitative estimate of drug-likeness (QED) is 0.169. The summed E-state index contributed by atoms with van der Waals surface area (Å²) in [5, 5.41) is 0. The summed E-state index contributed by atoms with van der Waals surface area (Å²) in [5.74, 6) is 0. The van der Waals surface area contributed by atoms with E-state index in [1.165, 1.54) is 0 Å². The predicted molar refractivity (Wildman–Crippen MR) is 244 cm³/mol. The van der Waals surface area contributed by atoms with Gasteiger partial charge < -0.3 is 9.80 Å². The number of para-hydroxylation sites is 3. The summed E-state index contributed by atoms with van der Waals surface area (Å²) in [7, 11) is 0. The Balaban J connectivity index is 1.11. The molecule has 0 fully saturated rings. The van der Waals surface area contributed by atoms with Crippen LogP contribution in [0.3, 0.4) is 0 Å². The normalized spacial score (nSPS) is 14.4. The molecule has 0 N–H and O–H groups in total. The Morgan fingerprint density at radius 1 is 0.397 bits per heavy atom. The lowest BCUT2D eigenvalue weighted by Crippen LogP contribution is -2.18. The number of rotatable bonds is 6. The molecule has 0 unspecified atom stereocenters. The number of nitrogens with zero attached hydrogens (tertiary/aromatic N) is 3. The number of hydrogen-bond donors (Lipinski definition) is 0. The van der Waals surface area contributed by atoms with Crippen LogP contribution < -0.4 is 9.80 Å². The van der Waals surface area contributed by atoms with Crippen molar-refractivity contribution in [2.24, 2.45) is 0 Å². The van der Waals surface area contributed by atoms with E-state index in [-0.39, 0.29) is 0 Å². The number of fused-ring (bicyclic) bond motifs is 4. The van der Waals surface area contributed by atoms with Crippen molar-refractivity contribution in [3.8, 4) is 44.8 Å².